The largest absolute Gasteiger partial charge is 0.386 e. The minimum atomic E-state index is -0.597. The molecule has 0 saturated heterocycles. The van der Waals surface area contributed by atoms with Crippen LogP contribution < -0.4 is 5.32 Å². The highest BCUT2D eigenvalue weighted by molar-refractivity contribution is 14.0. The molecule has 0 fully saturated rings. The summed E-state index contributed by atoms with van der Waals surface area (Å²) in [6.07, 6.45) is 1.69. The van der Waals surface area contributed by atoms with Crippen LogP contribution in [0.3, 0.4) is 0 Å². The molecule has 4 nitrogen and oxygen atoms in total. The molecule has 0 aliphatic heterocycles. The quantitative estimate of drug-likeness (QED) is 0.382. The summed E-state index contributed by atoms with van der Waals surface area (Å²) in [5.74, 6) is 0.836. The van der Waals surface area contributed by atoms with E-state index < -0.39 is 6.10 Å². The Kier molecular flexibility index (Phi) is 11.5. The molecule has 0 bridgehead atoms. The Morgan fingerprint density at radius 1 is 1.48 bits per heavy atom. The molecule has 122 valence electrons. The first kappa shape index (κ1) is 20.9. The number of aliphatic hydroxyl groups excluding tert-OH is 1. The van der Waals surface area contributed by atoms with Crippen LogP contribution in [0.1, 0.15) is 37.7 Å². The third-order valence-electron chi connectivity index (χ3n) is 2.88. The van der Waals surface area contributed by atoms with E-state index in [1.165, 1.54) is 11.3 Å². The lowest BCUT2D eigenvalue weighted by atomic mass is 10.3. The number of aliphatic imine (C=N–C) groups is 1. The van der Waals surface area contributed by atoms with Gasteiger partial charge in [0.15, 0.2) is 5.96 Å². The number of nitrogens with zero attached hydrogens (tertiary/aromatic N) is 2. The van der Waals surface area contributed by atoms with Crippen molar-refractivity contribution < 1.29 is 5.11 Å². The average molecular weight is 446 g/mol. The molecule has 0 aliphatic rings. The molecule has 1 aromatic rings. The first-order valence-corrected chi connectivity index (χ1v) is 8.20. The van der Waals surface area contributed by atoms with Gasteiger partial charge in [0.05, 0.1) is 10.9 Å². The molecule has 0 aromatic carbocycles. The fraction of sp³-hybridized carbons (Fsp3) is 0.643. The smallest absolute Gasteiger partial charge is 0.193 e. The Morgan fingerprint density at radius 3 is 2.71 bits per heavy atom. The molecule has 0 aliphatic carbocycles. The topological polar surface area (TPSA) is 47.9 Å². The van der Waals surface area contributed by atoms with Gasteiger partial charge in [0.2, 0.25) is 0 Å². The van der Waals surface area contributed by atoms with Crippen LogP contribution in [0.2, 0.25) is 4.34 Å². The summed E-state index contributed by atoms with van der Waals surface area (Å²) < 4.78 is 0.690. The molecule has 21 heavy (non-hydrogen) atoms. The fourth-order valence-corrected chi connectivity index (χ4v) is 2.78. The predicted molar refractivity (Wildman–Crippen MR) is 103 cm³/mol. The van der Waals surface area contributed by atoms with E-state index in [4.69, 9.17) is 11.6 Å². The van der Waals surface area contributed by atoms with Crippen molar-refractivity contribution in [1.82, 2.24) is 10.2 Å². The Morgan fingerprint density at radius 2 is 2.19 bits per heavy atom. The molecule has 0 spiro atoms. The monoisotopic (exact) mass is 445 g/mol. The second-order valence-corrected chi connectivity index (χ2v) is 6.37. The molecule has 1 rings (SSSR count). The summed E-state index contributed by atoms with van der Waals surface area (Å²) in [7, 11) is 2.02. The van der Waals surface area contributed by atoms with Crippen LogP contribution in [0.15, 0.2) is 17.1 Å². The maximum Gasteiger partial charge on any atom is 0.193 e. The Labute approximate surface area is 153 Å². The van der Waals surface area contributed by atoms with Gasteiger partial charge < -0.3 is 15.3 Å². The first-order valence-electron chi connectivity index (χ1n) is 7.01. The van der Waals surface area contributed by atoms with E-state index in [0.717, 1.165) is 36.8 Å². The van der Waals surface area contributed by atoms with Crippen LogP contribution in [0.5, 0.6) is 0 Å². The van der Waals surface area contributed by atoms with Gasteiger partial charge in [-0.2, -0.15) is 0 Å². The minimum Gasteiger partial charge on any atom is -0.386 e. The molecular weight excluding hydrogens is 421 g/mol. The Hall–Kier alpha value is -0.0500. The van der Waals surface area contributed by atoms with Gasteiger partial charge in [0.1, 0.15) is 6.10 Å². The molecule has 2 N–H and O–H groups in total. The van der Waals surface area contributed by atoms with E-state index in [-0.39, 0.29) is 24.0 Å². The second kappa shape index (κ2) is 11.5. The van der Waals surface area contributed by atoms with E-state index in [9.17, 15) is 5.11 Å². The predicted octanol–water partition coefficient (Wildman–Crippen LogP) is 3.75. The number of aliphatic hydroxyl groups is 1. The lowest BCUT2D eigenvalue weighted by molar-refractivity contribution is 0.190. The Balaban J connectivity index is 0.00000400. The zero-order chi connectivity index (χ0) is 15.0. The van der Waals surface area contributed by atoms with Crippen molar-refractivity contribution in [3.63, 3.8) is 0 Å². The zero-order valence-corrected chi connectivity index (χ0v) is 16.7. The van der Waals surface area contributed by atoms with Crippen molar-refractivity contribution in [2.24, 2.45) is 4.99 Å². The zero-order valence-electron chi connectivity index (χ0n) is 12.8. The van der Waals surface area contributed by atoms with E-state index in [2.05, 4.69) is 22.1 Å². The van der Waals surface area contributed by atoms with Gasteiger partial charge >= 0.3 is 0 Å². The number of thiophene rings is 1. The maximum absolute atomic E-state index is 10.1. The number of hydrogen-bond donors (Lipinski definition) is 2. The highest BCUT2D eigenvalue weighted by atomic mass is 127. The lowest BCUT2D eigenvalue weighted by Crippen LogP contribution is -2.39. The van der Waals surface area contributed by atoms with Gasteiger partial charge in [-0.15, -0.1) is 35.3 Å². The number of rotatable bonds is 7. The van der Waals surface area contributed by atoms with E-state index in [0.29, 0.717) is 10.9 Å². The summed E-state index contributed by atoms with van der Waals surface area (Å²) in [4.78, 5) is 7.45. The number of halogens is 2. The third-order valence-corrected chi connectivity index (χ3v) is 4.21. The van der Waals surface area contributed by atoms with Crippen molar-refractivity contribution in [2.45, 2.75) is 32.8 Å². The van der Waals surface area contributed by atoms with Gasteiger partial charge in [0, 0.05) is 25.0 Å². The second-order valence-electron chi connectivity index (χ2n) is 4.63. The van der Waals surface area contributed by atoms with E-state index >= 15 is 0 Å². The molecular formula is C14H25ClIN3OS. The molecule has 1 aromatic heterocycles. The molecule has 0 radical (unpaired) electrons. The van der Waals surface area contributed by atoms with Crippen molar-refractivity contribution in [1.29, 1.82) is 0 Å². The lowest BCUT2D eigenvalue weighted by Gasteiger charge is -2.22. The molecule has 0 saturated carbocycles. The van der Waals surface area contributed by atoms with Gasteiger partial charge in [-0.1, -0.05) is 24.9 Å². The summed E-state index contributed by atoms with van der Waals surface area (Å²) in [6.45, 7) is 6.33. The van der Waals surface area contributed by atoms with Crippen molar-refractivity contribution in [2.75, 3.05) is 26.7 Å². The van der Waals surface area contributed by atoms with Gasteiger partial charge in [0.25, 0.3) is 0 Å². The summed E-state index contributed by atoms with van der Waals surface area (Å²) in [6, 6.07) is 3.65. The van der Waals surface area contributed by atoms with Crippen LogP contribution in [0, 0.1) is 0 Å². The van der Waals surface area contributed by atoms with Crippen LogP contribution in [0.4, 0.5) is 0 Å². The number of guanidine groups is 1. The summed E-state index contributed by atoms with van der Waals surface area (Å²) >= 11 is 7.27. The maximum atomic E-state index is 10.1. The van der Waals surface area contributed by atoms with Crippen LogP contribution in [0.25, 0.3) is 0 Å². The van der Waals surface area contributed by atoms with E-state index in [1.54, 1.807) is 6.07 Å². The highest BCUT2D eigenvalue weighted by Crippen LogP contribution is 2.26. The summed E-state index contributed by atoms with van der Waals surface area (Å²) in [5, 5.41) is 13.4. The molecule has 7 heteroatoms. The van der Waals surface area contributed by atoms with Crippen LogP contribution in [-0.2, 0) is 0 Å². The number of unbranched alkanes of at least 4 members (excludes halogenated alkanes) is 1. The van der Waals surface area contributed by atoms with Crippen molar-refractivity contribution in [3.8, 4) is 0 Å². The summed E-state index contributed by atoms with van der Waals surface area (Å²) in [5.41, 5.74) is 0. The Bertz CT molecular complexity index is 428. The van der Waals surface area contributed by atoms with Crippen LogP contribution >= 0.6 is 46.9 Å². The molecule has 1 atom stereocenters. The fourth-order valence-electron chi connectivity index (χ4n) is 1.74. The standard InChI is InChI=1S/C14H24ClN3OS.HI/c1-4-6-9-18(3)14(16-5-2)17-10-11(19)12-7-8-13(15)20-12;/h7-8,11,19H,4-6,9-10H2,1-3H3,(H,16,17);1H. The normalized spacial score (nSPS) is 12.7. The number of nitrogens with one attached hydrogen (secondary N) is 1. The van der Waals surface area contributed by atoms with Crippen molar-refractivity contribution >= 4 is 52.9 Å². The first-order chi connectivity index (χ1) is 9.58. The number of hydrogen-bond acceptors (Lipinski definition) is 3. The van der Waals surface area contributed by atoms with Gasteiger partial charge in [-0.25, -0.2) is 0 Å². The van der Waals surface area contributed by atoms with Crippen LogP contribution in [-0.4, -0.2) is 42.6 Å². The third kappa shape index (κ3) is 7.67. The molecule has 1 unspecified atom stereocenters. The van der Waals surface area contributed by atoms with E-state index in [1.807, 2.05) is 20.0 Å². The minimum absolute atomic E-state index is 0. The molecule has 1 heterocycles. The van der Waals surface area contributed by atoms with Gasteiger partial charge in [-0.05, 0) is 25.5 Å². The molecule has 0 amide bonds. The average Bonchev–Trinajstić information content (AvgIpc) is 2.87. The highest BCUT2D eigenvalue weighted by Gasteiger charge is 2.11. The SMILES string of the molecule is CCCCN(C)C(=NCC(O)c1ccc(Cl)s1)NCC.I. The van der Waals surface area contributed by atoms with Gasteiger partial charge in [-0.3, -0.25) is 4.99 Å². The van der Waals surface area contributed by atoms with Crippen molar-refractivity contribution in [3.05, 3.63) is 21.3 Å².